The van der Waals surface area contributed by atoms with Crippen molar-refractivity contribution >= 4 is 0 Å². The maximum absolute atomic E-state index is 9.45. The van der Waals surface area contributed by atoms with Crippen LogP contribution >= 0.6 is 0 Å². The summed E-state index contributed by atoms with van der Waals surface area (Å²) in [5.74, 6) is 0.244. The molecule has 0 saturated heterocycles. The van der Waals surface area contributed by atoms with E-state index in [9.17, 15) is 5.11 Å². The van der Waals surface area contributed by atoms with E-state index in [1.54, 1.807) is 0 Å². The SMILES string of the molecule is NCC(O)C1CCCCC1N. The van der Waals surface area contributed by atoms with Crippen molar-refractivity contribution < 1.29 is 5.11 Å². The zero-order chi connectivity index (χ0) is 8.27. The normalized spacial score (nSPS) is 35.2. The molecule has 11 heavy (non-hydrogen) atoms. The first-order valence-corrected chi connectivity index (χ1v) is 4.39. The van der Waals surface area contributed by atoms with Crippen LogP contribution in [0.2, 0.25) is 0 Å². The number of hydrogen-bond acceptors (Lipinski definition) is 3. The van der Waals surface area contributed by atoms with Gasteiger partial charge in [0.1, 0.15) is 0 Å². The first kappa shape index (κ1) is 8.97. The Morgan fingerprint density at radius 2 is 2.00 bits per heavy atom. The van der Waals surface area contributed by atoms with Gasteiger partial charge in [0.05, 0.1) is 6.10 Å². The average Bonchev–Trinajstić information content (AvgIpc) is 2.04. The summed E-state index contributed by atoms with van der Waals surface area (Å²) in [6, 6.07) is 0.169. The van der Waals surface area contributed by atoms with Gasteiger partial charge < -0.3 is 16.6 Å². The van der Waals surface area contributed by atoms with E-state index in [2.05, 4.69) is 0 Å². The molecule has 0 aromatic rings. The number of rotatable bonds is 2. The Balaban J connectivity index is 2.40. The highest BCUT2D eigenvalue weighted by Gasteiger charge is 2.26. The highest BCUT2D eigenvalue weighted by Crippen LogP contribution is 2.25. The molecule has 1 aliphatic carbocycles. The second kappa shape index (κ2) is 4.04. The summed E-state index contributed by atoms with van der Waals surface area (Å²) in [4.78, 5) is 0. The molecular weight excluding hydrogens is 140 g/mol. The van der Waals surface area contributed by atoms with Crippen LogP contribution in [0.3, 0.4) is 0 Å². The minimum absolute atomic E-state index is 0.169. The van der Waals surface area contributed by atoms with Gasteiger partial charge >= 0.3 is 0 Å². The lowest BCUT2D eigenvalue weighted by Crippen LogP contribution is -2.43. The molecule has 3 atom stereocenters. The van der Waals surface area contributed by atoms with Crippen LogP contribution in [-0.4, -0.2) is 23.8 Å². The molecule has 66 valence electrons. The molecule has 3 nitrogen and oxygen atoms in total. The largest absolute Gasteiger partial charge is 0.391 e. The van der Waals surface area contributed by atoms with Crippen molar-refractivity contribution in [1.82, 2.24) is 0 Å². The molecule has 1 saturated carbocycles. The summed E-state index contributed by atoms with van der Waals surface area (Å²) in [5.41, 5.74) is 11.2. The van der Waals surface area contributed by atoms with Crippen LogP contribution in [0, 0.1) is 5.92 Å². The monoisotopic (exact) mass is 158 g/mol. The zero-order valence-electron chi connectivity index (χ0n) is 6.87. The van der Waals surface area contributed by atoms with E-state index >= 15 is 0 Å². The van der Waals surface area contributed by atoms with E-state index in [0.29, 0.717) is 6.54 Å². The van der Waals surface area contributed by atoms with Gasteiger partial charge in [0.2, 0.25) is 0 Å². The molecule has 3 heteroatoms. The van der Waals surface area contributed by atoms with Crippen LogP contribution in [0.25, 0.3) is 0 Å². The molecule has 1 aliphatic rings. The Hall–Kier alpha value is -0.120. The second-order valence-electron chi connectivity index (χ2n) is 3.42. The van der Waals surface area contributed by atoms with Crippen molar-refractivity contribution in [2.45, 2.75) is 37.8 Å². The Kier molecular flexibility index (Phi) is 3.30. The molecule has 1 fully saturated rings. The van der Waals surface area contributed by atoms with Gasteiger partial charge in [-0.2, -0.15) is 0 Å². The number of nitrogens with two attached hydrogens (primary N) is 2. The molecule has 0 bridgehead atoms. The van der Waals surface area contributed by atoms with Crippen LogP contribution in [-0.2, 0) is 0 Å². The molecule has 0 amide bonds. The fourth-order valence-corrected chi connectivity index (χ4v) is 1.84. The third-order valence-electron chi connectivity index (χ3n) is 2.61. The molecule has 0 aromatic heterocycles. The number of aliphatic hydroxyl groups is 1. The molecule has 5 N–H and O–H groups in total. The van der Waals surface area contributed by atoms with Crippen molar-refractivity contribution in [2.75, 3.05) is 6.54 Å². The third-order valence-corrected chi connectivity index (χ3v) is 2.61. The standard InChI is InChI=1S/C8H18N2O/c9-5-8(11)6-3-1-2-4-7(6)10/h6-8,11H,1-5,9-10H2. The van der Waals surface area contributed by atoms with E-state index in [-0.39, 0.29) is 18.1 Å². The summed E-state index contributed by atoms with van der Waals surface area (Å²) in [6.07, 6.45) is 4.09. The minimum atomic E-state index is -0.384. The molecule has 0 aliphatic heterocycles. The van der Waals surface area contributed by atoms with E-state index < -0.39 is 0 Å². The lowest BCUT2D eigenvalue weighted by atomic mass is 9.81. The van der Waals surface area contributed by atoms with Gasteiger partial charge in [0.15, 0.2) is 0 Å². The molecule has 0 heterocycles. The quantitative estimate of drug-likeness (QED) is 0.522. The molecule has 0 aromatic carbocycles. The minimum Gasteiger partial charge on any atom is -0.391 e. The van der Waals surface area contributed by atoms with E-state index in [1.807, 2.05) is 0 Å². The summed E-state index contributed by atoms with van der Waals surface area (Å²) < 4.78 is 0. The number of aliphatic hydroxyl groups excluding tert-OH is 1. The maximum Gasteiger partial charge on any atom is 0.0705 e. The molecular formula is C8H18N2O. The van der Waals surface area contributed by atoms with Crippen molar-refractivity contribution in [3.05, 3.63) is 0 Å². The van der Waals surface area contributed by atoms with Crippen molar-refractivity contribution in [2.24, 2.45) is 17.4 Å². The van der Waals surface area contributed by atoms with Gasteiger partial charge in [-0.1, -0.05) is 12.8 Å². The van der Waals surface area contributed by atoms with Crippen LogP contribution in [0.4, 0.5) is 0 Å². The highest BCUT2D eigenvalue weighted by atomic mass is 16.3. The first-order chi connectivity index (χ1) is 5.25. The lowest BCUT2D eigenvalue weighted by Gasteiger charge is -2.31. The van der Waals surface area contributed by atoms with Gasteiger partial charge in [-0.15, -0.1) is 0 Å². The van der Waals surface area contributed by atoms with E-state index in [4.69, 9.17) is 11.5 Å². The maximum atomic E-state index is 9.45. The fraction of sp³-hybridized carbons (Fsp3) is 1.00. The summed E-state index contributed by atoms with van der Waals surface area (Å²) in [6.45, 7) is 0.346. The second-order valence-corrected chi connectivity index (χ2v) is 3.42. The lowest BCUT2D eigenvalue weighted by molar-refractivity contribution is 0.0794. The van der Waals surface area contributed by atoms with Crippen molar-refractivity contribution in [3.63, 3.8) is 0 Å². The van der Waals surface area contributed by atoms with Crippen LogP contribution in [0.1, 0.15) is 25.7 Å². The van der Waals surface area contributed by atoms with Gasteiger partial charge in [0.25, 0.3) is 0 Å². The van der Waals surface area contributed by atoms with Crippen LogP contribution < -0.4 is 11.5 Å². The van der Waals surface area contributed by atoms with Crippen LogP contribution in [0.15, 0.2) is 0 Å². The van der Waals surface area contributed by atoms with Crippen LogP contribution in [0.5, 0.6) is 0 Å². The number of hydrogen-bond donors (Lipinski definition) is 3. The van der Waals surface area contributed by atoms with Gasteiger partial charge in [-0.25, -0.2) is 0 Å². The van der Waals surface area contributed by atoms with Crippen molar-refractivity contribution in [1.29, 1.82) is 0 Å². The fourth-order valence-electron chi connectivity index (χ4n) is 1.84. The first-order valence-electron chi connectivity index (χ1n) is 4.39. The Morgan fingerprint density at radius 3 is 2.55 bits per heavy atom. The smallest absolute Gasteiger partial charge is 0.0705 e. The predicted molar refractivity (Wildman–Crippen MR) is 45.0 cm³/mol. The molecule has 0 radical (unpaired) electrons. The summed E-state index contributed by atoms with van der Waals surface area (Å²) in [5, 5.41) is 9.45. The molecule has 1 rings (SSSR count). The van der Waals surface area contributed by atoms with Crippen molar-refractivity contribution in [3.8, 4) is 0 Å². The van der Waals surface area contributed by atoms with E-state index in [1.165, 1.54) is 12.8 Å². The Bertz CT molecular complexity index is 115. The van der Waals surface area contributed by atoms with Gasteiger partial charge in [-0.05, 0) is 12.8 Å². The zero-order valence-corrected chi connectivity index (χ0v) is 6.87. The Morgan fingerprint density at radius 1 is 1.36 bits per heavy atom. The predicted octanol–water partition coefficient (Wildman–Crippen LogP) is -0.177. The summed E-state index contributed by atoms with van der Waals surface area (Å²) in [7, 11) is 0. The highest BCUT2D eigenvalue weighted by molar-refractivity contribution is 4.83. The van der Waals surface area contributed by atoms with E-state index in [0.717, 1.165) is 12.8 Å². The van der Waals surface area contributed by atoms with Gasteiger partial charge in [0, 0.05) is 18.5 Å². The Labute approximate surface area is 67.8 Å². The molecule has 3 unspecified atom stereocenters. The molecule has 0 spiro atoms. The average molecular weight is 158 g/mol. The third kappa shape index (κ3) is 2.15. The topological polar surface area (TPSA) is 72.3 Å². The van der Waals surface area contributed by atoms with Gasteiger partial charge in [-0.3, -0.25) is 0 Å². The summed E-state index contributed by atoms with van der Waals surface area (Å²) >= 11 is 0.